The van der Waals surface area contributed by atoms with Crippen molar-refractivity contribution in [3.8, 4) is 5.75 Å². The zero-order valence-electron chi connectivity index (χ0n) is 18.1. The molecule has 1 N–H and O–H groups in total. The largest absolute Gasteiger partial charge is 0.477 e. The highest BCUT2D eigenvalue weighted by Gasteiger charge is 2.19. The molecule has 3 aromatic carbocycles. The van der Waals surface area contributed by atoms with Crippen molar-refractivity contribution < 1.29 is 19.1 Å². The minimum Gasteiger partial charge on any atom is -0.477 e. The van der Waals surface area contributed by atoms with Crippen LogP contribution in [-0.4, -0.2) is 29.2 Å². The number of hydrogen-bond acceptors (Lipinski definition) is 4. The molecule has 4 rings (SSSR count). The zero-order chi connectivity index (χ0) is 23.5. The highest BCUT2D eigenvalue weighted by Crippen LogP contribution is 2.31. The highest BCUT2D eigenvalue weighted by molar-refractivity contribution is 6.35. The Labute approximate surface area is 201 Å². The van der Waals surface area contributed by atoms with Crippen molar-refractivity contribution in [2.24, 2.45) is 0 Å². The minimum absolute atomic E-state index is 0.278. The molecule has 0 aliphatic heterocycles. The van der Waals surface area contributed by atoms with Crippen molar-refractivity contribution in [1.82, 2.24) is 4.57 Å². The Balaban J connectivity index is 1.39. The lowest BCUT2D eigenvalue weighted by Crippen LogP contribution is -2.29. The van der Waals surface area contributed by atoms with E-state index in [1.165, 1.54) is 13.0 Å². The lowest BCUT2D eigenvalue weighted by atomic mass is 10.1. The number of amides is 1. The van der Waals surface area contributed by atoms with Gasteiger partial charge in [0.1, 0.15) is 5.75 Å². The fraction of sp³-hybridized carbons (Fsp3) is 0.200. The Morgan fingerprint density at radius 2 is 1.76 bits per heavy atom. The smallest absolute Gasteiger partial charge is 0.347 e. The summed E-state index contributed by atoms with van der Waals surface area (Å²) in [5.74, 6) is -0.828. The molecule has 1 aromatic heterocycles. The molecule has 1 atom stereocenters. The Kier molecular flexibility index (Phi) is 6.77. The van der Waals surface area contributed by atoms with Crippen LogP contribution < -0.4 is 10.1 Å². The maximum atomic E-state index is 12.4. The van der Waals surface area contributed by atoms with Crippen LogP contribution in [0.1, 0.15) is 13.8 Å². The summed E-state index contributed by atoms with van der Waals surface area (Å²) in [5.41, 5.74) is 2.86. The molecule has 0 aliphatic carbocycles. The number of benzene rings is 3. The van der Waals surface area contributed by atoms with Crippen molar-refractivity contribution in [2.45, 2.75) is 26.5 Å². The number of halogens is 2. The van der Waals surface area contributed by atoms with Crippen LogP contribution in [0, 0.1) is 0 Å². The molecule has 1 amide bonds. The summed E-state index contributed by atoms with van der Waals surface area (Å²) in [4.78, 5) is 24.6. The molecule has 0 spiro atoms. The summed E-state index contributed by atoms with van der Waals surface area (Å²) in [6.07, 6.45) is -0.951. The number of esters is 1. The van der Waals surface area contributed by atoms with Gasteiger partial charge in [-0.05, 0) is 56.3 Å². The van der Waals surface area contributed by atoms with Crippen molar-refractivity contribution >= 4 is 62.6 Å². The van der Waals surface area contributed by atoms with E-state index in [9.17, 15) is 9.59 Å². The lowest BCUT2D eigenvalue weighted by Gasteiger charge is -2.15. The maximum Gasteiger partial charge on any atom is 0.347 e. The third-order valence-electron chi connectivity index (χ3n) is 5.25. The first kappa shape index (κ1) is 23.0. The SMILES string of the molecule is CCn1c2ccccc2c2cc(NC(=O)COC(=O)C(C)Oc3ccc(Cl)cc3Cl)ccc21. The highest BCUT2D eigenvalue weighted by atomic mass is 35.5. The van der Waals surface area contributed by atoms with Crippen LogP contribution >= 0.6 is 23.2 Å². The molecule has 0 saturated carbocycles. The van der Waals surface area contributed by atoms with E-state index in [0.717, 1.165) is 28.4 Å². The standard InChI is InChI=1S/C25H22Cl2N2O4/c1-3-29-21-7-5-4-6-18(21)19-13-17(9-10-22(19)29)28-24(30)14-32-25(31)15(2)33-23-11-8-16(26)12-20(23)27/h4-13,15H,3,14H2,1-2H3,(H,28,30). The van der Waals surface area contributed by atoms with E-state index in [0.29, 0.717) is 16.5 Å². The number of hydrogen-bond donors (Lipinski definition) is 1. The molecular formula is C25H22Cl2N2O4. The van der Waals surface area contributed by atoms with Crippen LogP contribution in [-0.2, 0) is 20.9 Å². The molecule has 6 nitrogen and oxygen atoms in total. The second-order valence-electron chi connectivity index (χ2n) is 7.48. The van der Waals surface area contributed by atoms with Gasteiger partial charge in [0.25, 0.3) is 5.91 Å². The van der Waals surface area contributed by atoms with E-state index >= 15 is 0 Å². The predicted octanol–water partition coefficient (Wildman–Crippen LogP) is 6.07. The number of carbonyl (C=O) groups excluding carboxylic acids is 2. The Bertz CT molecular complexity index is 1350. The van der Waals surface area contributed by atoms with E-state index in [1.807, 2.05) is 30.3 Å². The van der Waals surface area contributed by atoms with E-state index < -0.39 is 24.6 Å². The topological polar surface area (TPSA) is 69.6 Å². The van der Waals surface area contributed by atoms with Gasteiger partial charge in [0.2, 0.25) is 0 Å². The van der Waals surface area contributed by atoms with Crippen molar-refractivity contribution in [1.29, 1.82) is 0 Å². The number of rotatable bonds is 7. The quantitative estimate of drug-likeness (QED) is 0.323. The average Bonchev–Trinajstić information content (AvgIpc) is 3.12. The average molecular weight is 485 g/mol. The molecule has 0 saturated heterocycles. The number of nitrogens with one attached hydrogen (secondary N) is 1. The van der Waals surface area contributed by atoms with Crippen LogP contribution in [0.2, 0.25) is 10.0 Å². The molecule has 170 valence electrons. The first-order valence-corrected chi connectivity index (χ1v) is 11.2. The maximum absolute atomic E-state index is 12.4. The molecule has 0 aliphatic rings. The minimum atomic E-state index is -0.951. The van der Waals surface area contributed by atoms with Gasteiger partial charge in [-0.1, -0.05) is 41.4 Å². The first-order chi connectivity index (χ1) is 15.9. The Morgan fingerprint density at radius 1 is 1.00 bits per heavy atom. The van der Waals surface area contributed by atoms with Crippen LogP contribution in [0.3, 0.4) is 0 Å². The number of carbonyl (C=O) groups is 2. The molecular weight excluding hydrogens is 463 g/mol. The number of ether oxygens (including phenoxy) is 2. The number of anilines is 1. The summed E-state index contributed by atoms with van der Waals surface area (Å²) in [5, 5.41) is 5.68. The van der Waals surface area contributed by atoms with Crippen LogP contribution in [0.15, 0.2) is 60.7 Å². The molecule has 0 bridgehead atoms. The summed E-state index contributed by atoms with van der Waals surface area (Å²) < 4.78 is 12.8. The second-order valence-corrected chi connectivity index (χ2v) is 8.33. The van der Waals surface area contributed by atoms with Gasteiger partial charge in [-0.15, -0.1) is 0 Å². The third-order valence-corrected chi connectivity index (χ3v) is 5.78. The molecule has 8 heteroatoms. The lowest BCUT2D eigenvalue weighted by molar-refractivity contribution is -0.153. The van der Waals surface area contributed by atoms with Crippen LogP contribution in [0.4, 0.5) is 5.69 Å². The summed E-state index contributed by atoms with van der Waals surface area (Å²) in [6.45, 7) is 4.02. The normalized spacial score (nSPS) is 12.0. The van der Waals surface area contributed by atoms with E-state index in [2.05, 4.69) is 28.9 Å². The van der Waals surface area contributed by atoms with Gasteiger partial charge in [0.05, 0.1) is 5.02 Å². The van der Waals surface area contributed by atoms with Gasteiger partial charge < -0.3 is 19.4 Å². The number of aromatic nitrogens is 1. The number of para-hydroxylation sites is 1. The summed E-state index contributed by atoms with van der Waals surface area (Å²) >= 11 is 11.9. The zero-order valence-corrected chi connectivity index (χ0v) is 19.6. The predicted molar refractivity (Wildman–Crippen MR) is 131 cm³/mol. The second kappa shape index (κ2) is 9.73. The molecule has 0 radical (unpaired) electrons. The number of nitrogens with zero attached hydrogens (tertiary/aromatic N) is 1. The van der Waals surface area contributed by atoms with Gasteiger partial charge in [-0.3, -0.25) is 4.79 Å². The molecule has 1 heterocycles. The van der Waals surface area contributed by atoms with Gasteiger partial charge in [0.15, 0.2) is 12.7 Å². The van der Waals surface area contributed by atoms with Crippen molar-refractivity contribution in [3.05, 3.63) is 70.7 Å². The van der Waals surface area contributed by atoms with E-state index in [4.69, 9.17) is 32.7 Å². The van der Waals surface area contributed by atoms with Crippen molar-refractivity contribution in [2.75, 3.05) is 11.9 Å². The molecule has 0 fully saturated rings. The number of aryl methyl sites for hydroxylation is 1. The fourth-order valence-corrected chi connectivity index (χ4v) is 4.19. The fourth-order valence-electron chi connectivity index (χ4n) is 3.73. The van der Waals surface area contributed by atoms with Gasteiger partial charge >= 0.3 is 5.97 Å². The Hall–Kier alpha value is -3.22. The van der Waals surface area contributed by atoms with E-state index in [-0.39, 0.29) is 5.02 Å². The number of fused-ring (bicyclic) bond motifs is 3. The van der Waals surface area contributed by atoms with Crippen molar-refractivity contribution in [3.63, 3.8) is 0 Å². The van der Waals surface area contributed by atoms with Gasteiger partial charge in [-0.2, -0.15) is 0 Å². The third kappa shape index (κ3) is 4.92. The van der Waals surface area contributed by atoms with Crippen LogP contribution in [0.25, 0.3) is 21.8 Å². The first-order valence-electron chi connectivity index (χ1n) is 10.5. The monoisotopic (exact) mass is 484 g/mol. The van der Waals surface area contributed by atoms with Gasteiger partial charge in [0, 0.05) is 39.1 Å². The van der Waals surface area contributed by atoms with Crippen LogP contribution in [0.5, 0.6) is 5.75 Å². The molecule has 4 aromatic rings. The molecule has 1 unspecified atom stereocenters. The Morgan fingerprint density at radius 3 is 2.52 bits per heavy atom. The van der Waals surface area contributed by atoms with Gasteiger partial charge in [-0.25, -0.2) is 4.79 Å². The summed E-state index contributed by atoms with van der Waals surface area (Å²) in [6, 6.07) is 18.6. The van der Waals surface area contributed by atoms with E-state index in [1.54, 1.807) is 12.1 Å². The summed E-state index contributed by atoms with van der Waals surface area (Å²) in [7, 11) is 0. The molecule has 33 heavy (non-hydrogen) atoms.